The minimum Gasteiger partial charge on any atom is -0.332 e. The normalized spacial score (nSPS) is 13.4. The van der Waals surface area contributed by atoms with Crippen LogP contribution in [-0.4, -0.2) is 41.8 Å². The van der Waals surface area contributed by atoms with Crippen molar-refractivity contribution in [3.8, 4) is 0 Å². The molecule has 0 saturated heterocycles. The lowest BCUT2D eigenvalue weighted by Crippen LogP contribution is -2.32. The zero-order valence-electron chi connectivity index (χ0n) is 15.4. The van der Waals surface area contributed by atoms with Crippen molar-refractivity contribution in [1.82, 2.24) is 30.1 Å². The summed E-state index contributed by atoms with van der Waals surface area (Å²) < 4.78 is 1.81. The van der Waals surface area contributed by atoms with Crippen LogP contribution in [0.4, 0.5) is 0 Å². The molecule has 7 nitrogen and oxygen atoms in total. The molecule has 29 heavy (non-hydrogen) atoms. The molecule has 4 rings (SSSR count). The Morgan fingerprint density at radius 3 is 2.76 bits per heavy atom. The molecule has 150 valence electrons. The average Bonchev–Trinajstić information content (AvgIpc) is 3.47. The van der Waals surface area contributed by atoms with Gasteiger partial charge >= 0.3 is 0 Å². The summed E-state index contributed by atoms with van der Waals surface area (Å²) in [6.45, 7) is 0.800. The Balaban J connectivity index is 1.47. The highest BCUT2D eigenvalue weighted by molar-refractivity contribution is 7.99. The lowest BCUT2D eigenvalue weighted by molar-refractivity contribution is -0.129. The van der Waals surface area contributed by atoms with E-state index in [1.165, 1.54) is 11.8 Å². The first-order valence-electron chi connectivity index (χ1n) is 9.12. The van der Waals surface area contributed by atoms with Gasteiger partial charge in [-0.2, -0.15) is 0 Å². The smallest absolute Gasteiger partial charge is 0.233 e. The minimum atomic E-state index is -0.0305. The minimum absolute atomic E-state index is 0.0305. The highest BCUT2D eigenvalue weighted by atomic mass is 35.5. The van der Waals surface area contributed by atoms with Crippen LogP contribution in [0.1, 0.15) is 30.1 Å². The predicted octanol–water partition coefficient (Wildman–Crippen LogP) is 4.03. The number of aromatic nitrogens is 5. The van der Waals surface area contributed by atoms with Crippen molar-refractivity contribution < 1.29 is 4.79 Å². The Bertz CT molecular complexity index is 995. The highest BCUT2D eigenvalue weighted by Gasteiger charge is 2.28. The molecule has 1 aliphatic carbocycles. The van der Waals surface area contributed by atoms with E-state index in [4.69, 9.17) is 23.2 Å². The lowest BCUT2D eigenvalue weighted by Gasteiger charge is -2.22. The number of benzene rings is 1. The fourth-order valence-corrected chi connectivity index (χ4v) is 3.99. The van der Waals surface area contributed by atoms with Crippen molar-refractivity contribution in [2.45, 2.75) is 37.1 Å². The van der Waals surface area contributed by atoms with Gasteiger partial charge in [0.25, 0.3) is 0 Å². The molecule has 0 N–H and O–H groups in total. The largest absolute Gasteiger partial charge is 0.332 e. The first-order valence-corrected chi connectivity index (χ1v) is 10.9. The molecule has 1 aromatic carbocycles. The SMILES string of the molecule is O=C(CSc1nnnn1C1CC1)N(Cc1ccc(Cl)c(Cl)c1)Cc1ccccn1. The zero-order valence-corrected chi connectivity index (χ0v) is 17.7. The Morgan fingerprint density at radius 2 is 2.03 bits per heavy atom. The van der Waals surface area contributed by atoms with Crippen molar-refractivity contribution in [1.29, 1.82) is 0 Å². The van der Waals surface area contributed by atoms with Crippen LogP contribution in [-0.2, 0) is 17.9 Å². The maximum Gasteiger partial charge on any atom is 0.233 e. The highest BCUT2D eigenvalue weighted by Crippen LogP contribution is 2.36. The topological polar surface area (TPSA) is 76.8 Å². The van der Waals surface area contributed by atoms with E-state index in [1.807, 2.05) is 24.3 Å². The Labute approximate surface area is 182 Å². The molecule has 3 aromatic rings. The number of carbonyl (C=O) groups is 1. The summed E-state index contributed by atoms with van der Waals surface area (Å²) in [7, 11) is 0. The van der Waals surface area contributed by atoms with Crippen molar-refractivity contribution in [3.63, 3.8) is 0 Å². The second-order valence-electron chi connectivity index (χ2n) is 6.75. The third-order valence-electron chi connectivity index (χ3n) is 4.47. The maximum atomic E-state index is 13.0. The molecule has 1 aliphatic rings. The van der Waals surface area contributed by atoms with E-state index < -0.39 is 0 Å². The van der Waals surface area contributed by atoms with Crippen LogP contribution in [0.3, 0.4) is 0 Å². The molecule has 0 aliphatic heterocycles. The van der Waals surface area contributed by atoms with Gasteiger partial charge in [0.05, 0.1) is 34.1 Å². The standard InChI is InChI=1S/C19H18Cl2N6OS/c20-16-7-4-13(9-17(16)21)10-26(11-14-3-1-2-8-22-14)18(28)12-29-19-23-24-25-27(19)15-5-6-15/h1-4,7-9,15H,5-6,10-12H2. The van der Waals surface area contributed by atoms with Gasteiger partial charge in [-0.25, -0.2) is 4.68 Å². The van der Waals surface area contributed by atoms with Gasteiger partial charge in [-0.1, -0.05) is 47.1 Å². The first kappa shape index (κ1) is 20.1. The van der Waals surface area contributed by atoms with Gasteiger partial charge in [0.2, 0.25) is 11.1 Å². The number of tetrazole rings is 1. The third kappa shape index (κ3) is 5.26. The van der Waals surface area contributed by atoms with Gasteiger partial charge < -0.3 is 4.90 Å². The fourth-order valence-electron chi connectivity index (χ4n) is 2.82. The van der Waals surface area contributed by atoms with Gasteiger partial charge in [0.15, 0.2) is 0 Å². The van der Waals surface area contributed by atoms with Gasteiger partial charge in [-0.3, -0.25) is 9.78 Å². The number of hydrogen-bond donors (Lipinski definition) is 0. The summed E-state index contributed by atoms with van der Waals surface area (Å²) in [5.41, 5.74) is 1.71. The molecule has 1 amide bonds. The van der Waals surface area contributed by atoms with Gasteiger partial charge in [-0.15, -0.1) is 5.10 Å². The molecule has 2 heterocycles. The van der Waals surface area contributed by atoms with Gasteiger partial charge in [0.1, 0.15) is 0 Å². The van der Waals surface area contributed by atoms with Crippen LogP contribution in [0.2, 0.25) is 10.0 Å². The zero-order chi connectivity index (χ0) is 20.2. The second-order valence-corrected chi connectivity index (χ2v) is 8.50. The maximum absolute atomic E-state index is 13.0. The number of pyridine rings is 1. The van der Waals surface area contributed by atoms with Crippen molar-refractivity contribution in [3.05, 3.63) is 63.9 Å². The van der Waals surface area contributed by atoms with E-state index >= 15 is 0 Å². The van der Waals surface area contributed by atoms with E-state index in [2.05, 4.69) is 20.5 Å². The number of carbonyl (C=O) groups excluding carboxylic acids is 1. The van der Waals surface area contributed by atoms with Crippen molar-refractivity contribution in [2.75, 3.05) is 5.75 Å². The van der Waals surface area contributed by atoms with E-state index in [1.54, 1.807) is 27.9 Å². The molecule has 1 saturated carbocycles. The lowest BCUT2D eigenvalue weighted by atomic mass is 10.2. The first-order chi connectivity index (χ1) is 14.1. The number of thioether (sulfide) groups is 1. The molecule has 10 heteroatoms. The molecule has 2 aromatic heterocycles. The summed E-state index contributed by atoms with van der Waals surface area (Å²) in [6.07, 6.45) is 3.88. The molecule has 0 unspecified atom stereocenters. The number of nitrogens with zero attached hydrogens (tertiary/aromatic N) is 6. The Hall–Kier alpha value is -2.16. The average molecular weight is 449 g/mol. The monoisotopic (exact) mass is 448 g/mol. The Kier molecular flexibility index (Phi) is 6.32. The number of hydrogen-bond acceptors (Lipinski definition) is 6. The summed E-state index contributed by atoms with van der Waals surface area (Å²) >= 11 is 13.5. The molecule has 0 atom stereocenters. The van der Waals surface area contributed by atoms with Gasteiger partial charge in [-0.05, 0) is 53.1 Å². The van der Waals surface area contributed by atoms with Crippen LogP contribution in [0.15, 0.2) is 47.8 Å². The van der Waals surface area contributed by atoms with Crippen LogP contribution >= 0.6 is 35.0 Å². The molecule has 0 spiro atoms. The molecule has 0 bridgehead atoms. The quantitative estimate of drug-likeness (QED) is 0.484. The second kappa shape index (κ2) is 9.11. The summed E-state index contributed by atoms with van der Waals surface area (Å²) in [5, 5.41) is 13.4. The van der Waals surface area contributed by atoms with Gasteiger partial charge in [0, 0.05) is 12.7 Å². The van der Waals surface area contributed by atoms with Crippen LogP contribution < -0.4 is 0 Å². The van der Waals surface area contributed by atoms with E-state index in [0.717, 1.165) is 24.1 Å². The van der Waals surface area contributed by atoms with Crippen LogP contribution in [0.25, 0.3) is 0 Å². The number of halogens is 2. The van der Waals surface area contributed by atoms with E-state index in [-0.39, 0.29) is 11.7 Å². The summed E-state index contributed by atoms with van der Waals surface area (Å²) in [6, 6.07) is 11.4. The van der Waals surface area contributed by atoms with E-state index in [0.29, 0.717) is 34.3 Å². The molecule has 1 fully saturated rings. The summed E-state index contributed by atoms with van der Waals surface area (Å²) in [4.78, 5) is 19.1. The fraction of sp³-hybridized carbons (Fsp3) is 0.316. The van der Waals surface area contributed by atoms with Crippen molar-refractivity contribution >= 4 is 40.9 Å². The van der Waals surface area contributed by atoms with E-state index in [9.17, 15) is 4.79 Å². The number of rotatable bonds is 8. The number of amides is 1. The van der Waals surface area contributed by atoms with Crippen LogP contribution in [0, 0.1) is 0 Å². The van der Waals surface area contributed by atoms with Crippen LogP contribution in [0.5, 0.6) is 0 Å². The predicted molar refractivity (Wildman–Crippen MR) is 112 cm³/mol. The third-order valence-corrected chi connectivity index (χ3v) is 6.13. The molecular formula is C19H18Cl2N6OS. The summed E-state index contributed by atoms with van der Waals surface area (Å²) in [5.74, 6) is 0.207. The Morgan fingerprint density at radius 1 is 1.17 bits per heavy atom. The molecule has 0 radical (unpaired) electrons. The molecular weight excluding hydrogens is 431 g/mol. The van der Waals surface area contributed by atoms with Crippen molar-refractivity contribution in [2.24, 2.45) is 0 Å².